The summed E-state index contributed by atoms with van der Waals surface area (Å²) in [5.41, 5.74) is -1.64. The Labute approximate surface area is 249 Å². The summed E-state index contributed by atoms with van der Waals surface area (Å²) >= 11 is 6.52. The fourth-order valence-electron chi connectivity index (χ4n) is 4.01. The number of halogens is 3. The van der Waals surface area contributed by atoms with Crippen LogP contribution in [0.4, 0.5) is 30.8 Å². The van der Waals surface area contributed by atoms with Crippen LogP contribution in [-0.2, 0) is 9.53 Å². The molecule has 10 nitrogen and oxygen atoms in total. The van der Waals surface area contributed by atoms with Gasteiger partial charge in [-0.3, -0.25) is 9.59 Å². The number of anilines is 3. The smallest absolute Gasteiger partial charge is 0.420 e. The number of ether oxygens (including phenoxy) is 3. The first-order chi connectivity index (χ1) is 20.3. The number of rotatable bonds is 8. The molecule has 0 aliphatic carbocycles. The largest absolute Gasteiger partial charge is 0.494 e. The van der Waals surface area contributed by atoms with Gasteiger partial charge in [0, 0.05) is 11.5 Å². The van der Waals surface area contributed by atoms with E-state index in [1.54, 1.807) is 26.8 Å². The molecule has 0 aliphatic rings. The van der Waals surface area contributed by atoms with Gasteiger partial charge in [0.1, 0.15) is 17.0 Å². The van der Waals surface area contributed by atoms with Gasteiger partial charge in [-0.2, -0.15) is 0 Å². The summed E-state index contributed by atoms with van der Waals surface area (Å²) < 4.78 is 51.0. The first-order valence-electron chi connectivity index (χ1n) is 12.6. The Morgan fingerprint density at radius 3 is 2.30 bits per heavy atom. The number of benzene rings is 2. The number of methoxy groups -OCH3 is 2. The SMILES string of the molecule is C=CC(=O)Nc1cccc(Cl)c1N(C(=O)OC(C)(C)C)c1cc2cc(C(=O)c3c(F)c(OC)cc(OC)c3F)oc2cn1. The minimum absolute atomic E-state index is 0.0351. The molecule has 2 aromatic carbocycles. The first kappa shape index (κ1) is 31.0. The maximum atomic E-state index is 15.0. The zero-order chi connectivity index (χ0) is 31.6. The number of hydrogen-bond acceptors (Lipinski definition) is 8. The Hall–Kier alpha value is -4.97. The Kier molecular flexibility index (Phi) is 8.72. The van der Waals surface area contributed by atoms with E-state index in [1.165, 1.54) is 30.5 Å². The zero-order valence-corrected chi connectivity index (χ0v) is 24.5. The Balaban J connectivity index is 1.86. The summed E-state index contributed by atoms with van der Waals surface area (Å²) in [5, 5.41) is 2.90. The lowest BCUT2D eigenvalue weighted by Crippen LogP contribution is -2.35. The highest BCUT2D eigenvalue weighted by Gasteiger charge is 2.32. The molecule has 0 unspecified atom stereocenters. The summed E-state index contributed by atoms with van der Waals surface area (Å²) in [7, 11) is 2.31. The number of fused-ring (bicyclic) bond motifs is 1. The number of ketones is 1. The highest BCUT2D eigenvalue weighted by atomic mass is 35.5. The number of furan rings is 1. The fraction of sp³-hybridized carbons (Fsp3) is 0.200. The van der Waals surface area contributed by atoms with Gasteiger partial charge >= 0.3 is 6.09 Å². The van der Waals surface area contributed by atoms with Gasteiger partial charge in [-0.05, 0) is 51.1 Å². The van der Waals surface area contributed by atoms with Gasteiger partial charge in [-0.1, -0.05) is 24.2 Å². The molecule has 4 rings (SSSR count). The first-order valence-corrected chi connectivity index (χ1v) is 13.0. The topological polar surface area (TPSA) is 120 Å². The van der Waals surface area contributed by atoms with Crippen LogP contribution in [-0.4, -0.2) is 42.6 Å². The van der Waals surface area contributed by atoms with Crippen LogP contribution in [0.5, 0.6) is 11.5 Å². The molecule has 13 heteroatoms. The molecule has 0 radical (unpaired) electrons. The number of aromatic nitrogens is 1. The van der Waals surface area contributed by atoms with E-state index >= 15 is 8.78 Å². The summed E-state index contributed by atoms with van der Waals surface area (Å²) in [4.78, 5) is 44.3. The number of carbonyl (C=O) groups excluding carboxylic acids is 3. The lowest BCUT2D eigenvalue weighted by atomic mass is 10.1. The monoisotopic (exact) mass is 613 g/mol. The second-order valence-corrected chi connectivity index (χ2v) is 10.4. The number of pyridine rings is 1. The minimum Gasteiger partial charge on any atom is -0.494 e. The lowest BCUT2D eigenvalue weighted by Gasteiger charge is -2.28. The quantitative estimate of drug-likeness (QED) is 0.164. The average molecular weight is 614 g/mol. The minimum atomic E-state index is -1.24. The number of para-hydroxylation sites is 1. The van der Waals surface area contributed by atoms with E-state index in [0.717, 1.165) is 31.3 Å². The van der Waals surface area contributed by atoms with Crippen LogP contribution in [0.25, 0.3) is 11.0 Å². The summed E-state index contributed by atoms with van der Waals surface area (Å²) in [6.07, 6.45) is 1.35. The van der Waals surface area contributed by atoms with Gasteiger partial charge in [0.05, 0.1) is 36.8 Å². The number of carbonyl (C=O) groups is 3. The zero-order valence-electron chi connectivity index (χ0n) is 23.7. The summed E-state index contributed by atoms with van der Waals surface area (Å²) in [6.45, 7) is 8.41. The van der Waals surface area contributed by atoms with Crippen molar-refractivity contribution in [1.29, 1.82) is 0 Å². The predicted octanol–water partition coefficient (Wildman–Crippen LogP) is 7.21. The predicted molar refractivity (Wildman–Crippen MR) is 156 cm³/mol. The molecule has 43 heavy (non-hydrogen) atoms. The van der Waals surface area contributed by atoms with Crippen molar-refractivity contribution < 1.29 is 41.8 Å². The van der Waals surface area contributed by atoms with Crippen molar-refractivity contribution in [2.75, 3.05) is 24.4 Å². The maximum absolute atomic E-state index is 15.0. The average Bonchev–Trinajstić information content (AvgIpc) is 3.37. The van der Waals surface area contributed by atoms with Crippen molar-refractivity contribution in [3.8, 4) is 11.5 Å². The molecule has 0 atom stereocenters. The highest BCUT2D eigenvalue weighted by molar-refractivity contribution is 6.35. The van der Waals surface area contributed by atoms with Gasteiger partial charge in [-0.25, -0.2) is 23.5 Å². The molecule has 4 aromatic rings. The van der Waals surface area contributed by atoms with E-state index in [0.29, 0.717) is 0 Å². The van der Waals surface area contributed by atoms with E-state index in [1.807, 2.05) is 0 Å². The highest BCUT2D eigenvalue weighted by Crippen LogP contribution is 2.40. The number of amides is 2. The molecule has 0 bridgehead atoms. The summed E-state index contributed by atoms with van der Waals surface area (Å²) in [5.74, 6) is -5.46. The molecule has 1 N–H and O–H groups in total. The van der Waals surface area contributed by atoms with Gasteiger partial charge < -0.3 is 23.9 Å². The lowest BCUT2D eigenvalue weighted by molar-refractivity contribution is -0.111. The number of nitrogens with zero attached hydrogens (tertiary/aromatic N) is 2. The number of hydrogen-bond donors (Lipinski definition) is 1. The molecule has 0 aliphatic heterocycles. The van der Waals surface area contributed by atoms with Crippen LogP contribution < -0.4 is 19.7 Å². The van der Waals surface area contributed by atoms with Crippen molar-refractivity contribution in [2.24, 2.45) is 0 Å². The second kappa shape index (κ2) is 12.1. The van der Waals surface area contributed by atoms with Crippen LogP contribution in [0.2, 0.25) is 5.02 Å². The second-order valence-electron chi connectivity index (χ2n) is 9.95. The normalized spacial score (nSPS) is 11.2. The van der Waals surface area contributed by atoms with Crippen LogP contribution >= 0.6 is 11.6 Å². The summed E-state index contributed by atoms with van der Waals surface area (Å²) in [6, 6.07) is 8.15. The van der Waals surface area contributed by atoms with Crippen molar-refractivity contribution >= 4 is 57.5 Å². The Morgan fingerprint density at radius 1 is 1.07 bits per heavy atom. The van der Waals surface area contributed by atoms with Crippen molar-refractivity contribution in [3.63, 3.8) is 0 Å². The van der Waals surface area contributed by atoms with E-state index in [4.69, 9.17) is 30.2 Å². The third-order valence-electron chi connectivity index (χ3n) is 5.87. The standard InChI is InChI=1S/C30H26ClF2N3O7/c1-7-23(37)35-17-10-8-9-16(31)27(17)36(29(39)43-30(2,3)4)22-12-15-11-20(42-21(15)14-34-22)28(38)24-25(32)18(40-5)13-19(41-6)26(24)33/h7-14H,1H2,2-6H3,(H,35,37). The molecule has 2 amide bonds. The molecular formula is C30H26ClF2N3O7. The molecule has 224 valence electrons. The number of nitrogens with one attached hydrogen (secondary N) is 1. The fourth-order valence-corrected chi connectivity index (χ4v) is 4.27. The molecule has 0 spiro atoms. The van der Waals surface area contributed by atoms with Gasteiger partial charge in [0.25, 0.3) is 0 Å². The Morgan fingerprint density at radius 2 is 1.72 bits per heavy atom. The third kappa shape index (κ3) is 6.28. The van der Waals surface area contributed by atoms with Crippen LogP contribution in [0.1, 0.15) is 36.9 Å². The Bertz CT molecular complexity index is 1740. The van der Waals surface area contributed by atoms with Gasteiger partial charge in [0.15, 0.2) is 34.5 Å². The maximum Gasteiger partial charge on any atom is 0.420 e. The molecule has 0 saturated carbocycles. The van der Waals surface area contributed by atoms with E-state index < -0.39 is 57.8 Å². The van der Waals surface area contributed by atoms with E-state index in [2.05, 4.69) is 16.9 Å². The van der Waals surface area contributed by atoms with E-state index in [9.17, 15) is 14.4 Å². The van der Waals surface area contributed by atoms with Crippen molar-refractivity contribution in [3.05, 3.63) is 83.2 Å². The molecule has 0 saturated heterocycles. The van der Waals surface area contributed by atoms with Crippen molar-refractivity contribution in [1.82, 2.24) is 4.98 Å². The van der Waals surface area contributed by atoms with Crippen molar-refractivity contribution in [2.45, 2.75) is 26.4 Å². The van der Waals surface area contributed by atoms with Crippen LogP contribution in [0, 0.1) is 11.6 Å². The third-order valence-corrected chi connectivity index (χ3v) is 6.18. The van der Waals surface area contributed by atoms with E-state index in [-0.39, 0.29) is 33.2 Å². The molecule has 2 aromatic heterocycles. The van der Waals surface area contributed by atoms with Gasteiger partial charge in [-0.15, -0.1) is 0 Å². The molecular weight excluding hydrogens is 588 g/mol. The van der Waals surface area contributed by atoms with Crippen LogP contribution in [0.15, 0.2) is 59.7 Å². The molecule has 2 heterocycles. The van der Waals surface area contributed by atoms with Crippen LogP contribution in [0.3, 0.4) is 0 Å². The van der Waals surface area contributed by atoms with Gasteiger partial charge in [0.2, 0.25) is 11.7 Å². The molecule has 0 fully saturated rings.